The zero-order valence-electron chi connectivity index (χ0n) is 59.0. The van der Waals surface area contributed by atoms with Crippen molar-refractivity contribution in [2.45, 2.75) is 393 Å². The molecule has 0 saturated carbocycles. The average molecular weight is 1340 g/mol. The Labute approximate surface area is 556 Å². The van der Waals surface area contributed by atoms with E-state index in [9.17, 15) is 43.2 Å². The van der Waals surface area contributed by atoms with Crippen molar-refractivity contribution in [3.63, 3.8) is 0 Å². The van der Waals surface area contributed by atoms with Crippen LogP contribution in [-0.2, 0) is 65.4 Å². The first kappa shape index (κ1) is 89.1. The van der Waals surface area contributed by atoms with Crippen LogP contribution in [0.1, 0.15) is 375 Å². The molecule has 0 fully saturated rings. The first-order chi connectivity index (χ1) is 44.0. The highest BCUT2D eigenvalue weighted by atomic mass is 31.2. The largest absolute Gasteiger partial charge is 0.472 e. The molecule has 5 atom stereocenters. The van der Waals surface area contributed by atoms with E-state index < -0.39 is 97.5 Å². The lowest BCUT2D eigenvalue weighted by molar-refractivity contribution is -0.161. The first-order valence-corrected chi connectivity index (χ1v) is 40.6. The van der Waals surface area contributed by atoms with Gasteiger partial charge in [-0.1, -0.05) is 324 Å². The number of aliphatic hydroxyl groups excluding tert-OH is 1. The Bertz CT molecular complexity index is 1750. The molecule has 0 aromatic heterocycles. The van der Waals surface area contributed by atoms with Gasteiger partial charge in [-0.05, 0) is 31.6 Å². The molecular weight excluding hydrogens is 1200 g/mol. The Hall–Kier alpha value is -1.94. The van der Waals surface area contributed by atoms with Crippen LogP contribution in [0.3, 0.4) is 0 Å². The van der Waals surface area contributed by atoms with Crippen molar-refractivity contribution in [1.29, 1.82) is 0 Å². The van der Waals surface area contributed by atoms with Crippen LogP contribution in [0.25, 0.3) is 0 Å². The van der Waals surface area contributed by atoms with Crippen molar-refractivity contribution in [3.8, 4) is 0 Å². The lowest BCUT2D eigenvalue weighted by Crippen LogP contribution is -2.30. The van der Waals surface area contributed by atoms with Gasteiger partial charge in [0.2, 0.25) is 0 Å². The second-order valence-corrected chi connectivity index (χ2v) is 29.4. The zero-order chi connectivity index (χ0) is 67.0. The third kappa shape index (κ3) is 66.5. The molecule has 0 spiro atoms. The molecule has 0 saturated heterocycles. The van der Waals surface area contributed by atoms with E-state index in [4.69, 9.17) is 37.0 Å². The van der Waals surface area contributed by atoms with Gasteiger partial charge in [-0.2, -0.15) is 0 Å². The average Bonchev–Trinajstić information content (AvgIpc) is 3.53. The van der Waals surface area contributed by atoms with E-state index in [2.05, 4.69) is 34.6 Å². The van der Waals surface area contributed by atoms with Gasteiger partial charge in [0, 0.05) is 25.7 Å². The summed E-state index contributed by atoms with van der Waals surface area (Å²) in [5.41, 5.74) is 0. The molecule has 2 unspecified atom stereocenters. The van der Waals surface area contributed by atoms with E-state index in [1.807, 2.05) is 0 Å². The van der Waals surface area contributed by atoms with Crippen molar-refractivity contribution in [1.82, 2.24) is 0 Å². The molecule has 0 bridgehead atoms. The monoisotopic (exact) mass is 1340 g/mol. The molecule has 0 heterocycles. The van der Waals surface area contributed by atoms with Crippen molar-refractivity contribution in [2.24, 2.45) is 5.92 Å². The van der Waals surface area contributed by atoms with Crippen LogP contribution in [0.15, 0.2) is 0 Å². The normalized spacial score (nSPS) is 14.0. The number of carbonyl (C=O) groups is 4. The number of ether oxygens (including phenoxy) is 4. The smallest absolute Gasteiger partial charge is 0.462 e. The molecule has 17 nitrogen and oxygen atoms in total. The van der Waals surface area contributed by atoms with Crippen LogP contribution >= 0.6 is 15.6 Å². The molecule has 0 radical (unpaired) electrons. The summed E-state index contributed by atoms with van der Waals surface area (Å²) in [6, 6.07) is 0. The molecule has 540 valence electrons. The maximum atomic E-state index is 13.0. The van der Waals surface area contributed by atoms with Gasteiger partial charge in [0.15, 0.2) is 12.2 Å². The summed E-state index contributed by atoms with van der Waals surface area (Å²) in [5, 5.41) is 10.6. The number of phosphoric ester groups is 2. The van der Waals surface area contributed by atoms with E-state index in [1.165, 1.54) is 199 Å². The van der Waals surface area contributed by atoms with Crippen LogP contribution in [-0.4, -0.2) is 96.7 Å². The SMILES string of the molecule is CCCCCCCCCCCCCCCCCCC(=O)O[C@H](COC(=O)CCCCCCCCCCCCCCCC)COP(=O)(O)OC[C@@H](O)COP(=O)(O)OC[C@@H](COC(=O)CCCCCCCCCCC)OC(=O)CCCCCCCCCCCC(C)C. The summed E-state index contributed by atoms with van der Waals surface area (Å²) in [5.74, 6) is -1.38. The van der Waals surface area contributed by atoms with Crippen LogP contribution < -0.4 is 0 Å². The minimum absolute atomic E-state index is 0.106. The fraction of sp³-hybridized carbons (Fsp3) is 0.944. The molecular formula is C72H140O17P2. The van der Waals surface area contributed by atoms with Crippen molar-refractivity contribution >= 4 is 39.5 Å². The van der Waals surface area contributed by atoms with Crippen LogP contribution in [0, 0.1) is 5.92 Å². The maximum absolute atomic E-state index is 13.0. The quantitative estimate of drug-likeness (QED) is 0.0222. The second-order valence-electron chi connectivity index (χ2n) is 26.5. The van der Waals surface area contributed by atoms with E-state index >= 15 is 0 Å². The number of aliphatic hydroxyl groups is 1. The highest BCUT2D eigenvalue weighted by molar-refractivity contribution is 7.47. The van der Waals surface area contributed by atoms with Gasteiger partial charge in [0.05, 0.1) is 26.4 Å². The molecule has 0 aliphatic heterocycles. The second kappa shape index (κ2) is 65.4. The number of phosphoric acid groups is 2. The van der Waals surface area contributed by atoms with Gasteiger partial charge in [0.25, 0.3) is 0 Å². The number of rotatable bonds is 72. The van der Waals surface area contributed by atoms with E-state index in [1.54, 1.807) is 0 Å². The molecule has 0 aliphatic carbocycles. The zero-order valence-corrected chi connectivity index (χ0v) is 60.8. The van der Waals surface area contributed by atoms with Crippen LogP contribution in [0.4, 0.5) is 0 Å². The summed E-state index contributed by atoms with van der Waals surface area (Å²) >= 11 is 0. The topological polar surface area (TPSA) is 237 Å². The van der Waals surface area contributed by atoms with Gasteiger partial charge in [-0.15, -0.1) is 0 Å². The number of carbonyl (C=O) groups excluding carboxylic acids is 4. The van der Waals surface area contributed by atoms with E-state index in [0.717, 1.165) is 95.8 Å². The maximum Gasteiger partial charge on any atom is 0.472 e. The van der Waals surface area contributed by atoms with Crippen molar-refractivity contribution < 1.29 is 80.2 Å². The lowest BCUT2D eigenvalue weighted by atomic mass is 10.0. The highest BCUT2D eigenvalue weighted by Gasteiger charge is 2.30. The fourth-order valence-corrected chi connectivity index (χ4v) is 12.6. The molecule has 0 aromatic carbocycles. The van der Waals surface area contributed by atoms with E-state index in [0.29, 0.717) is 25.7 Å². The number of hydrogen-bond acceptors (Lipinski definition) is 15. The predicted octanol–water partition coefficient (Wildman–Crippen LogP) is 20.9. The number of esters is 4. The minimum Gasteiger partial charge on any atom is -0.462 e. The molecule has 0 amide bonds. The first-order valence-electron chi connectivity index (χ1n) is 37.6. The summed E-state index contributed by atoms with van der Waals surface area (Å²) in [6.07, 6.45) is 52.6. The Kier molecular flexibility index (Phi) is 64.0. The minimum atomic E-state index is -4.95. The Morgan fingerprint density at radius 2 is 0.505 bits per heavy atom. The van der Waals surface area contributed by atoms with Crippen molar-refractivity contribution in [3.05, 3.63) is 0 Å². The number of hydrogen-bond donors (Lipinski definition) is 3. The molecule has 0 aromatic rings. The standard InChI is InChI=1S/C72H140O17P2/c1-6-9-12-15-18-21-23-25-27-28-30-32-37-42-47-52-57-71(76)88-68(62-83-70(75)56-51-46-41-36-31-29-26-24-22-19-16-13-10-7-2)64-87-91(80,81)85-60-66(73)59-84-90(78,79)86-63-67(61-82-69(74)55-50-45-40-34-20-17-14-11-8-3)89-72(77)58-53-48-43-38-33-35-39-44-49-54-65(4)5/h65-68,73H,6-64H2,1-5H3,(H,78,79)(H,80,81)/t66-,67+,68+/m0/s1. The third-order valence-electron chi connectivity index (χ3n) is 16.8. The van der Waals surface area contributed by atoms with E-state index in [-0.39, 0.29) is 25.7 Å². The van der Waals surface area contributed by atoms with Gasteiger partial charge in [-0.25, -0.2) is 9.13 Å². The van der Waals surface area contributed by atoms with Crippen LogP contribution in [0.2, 0.25) is 0 Å². The summed E-state index contributed by atoms with van der Waals surface area (Å²) < 4.78 is 68.3. The summed E-state index contributed by atoms with van der Waals surface area (Å²) in [7, 11) is -9.90. The lowest BCUT2D eigenvalue weighted by Gasteiger charge is -2.21. The predicted molar refractivity (Wildman–Crippen MR) is 368 cm³/mol. The Balaban J connectivity index is 5.23. The van der Waals surface area contributed by atoms with Gasteiger partial charge in [0.1, 0.15) is 19.3 Å². The fourth-order valence-electron chi connectivity index (χ4n) is 11.0. The van der Waals surface area contributed by atoms with Gasteiger partial charge < -0.3 is 33.8 Å². The summed E-state index contributed by atoms with van der Waals surface area (Å²) in [6.45, 7) is 7.23. The van der Waals surface area contributed by atoms with Crippen LogP contribution in [0.5, 0.6) is 0 Å². The molecule has 91 heavy (non-hydrogen) atoms. The molecule has 0 rings (SSSR count). The molecule has 0 aliphatic rings. The van der Waals surface area contributed by atoms with Crippen molar-refractivity contribution in [2.75, 3.05) is 39.6 Å². The Morgan fingerprint density at radius 1 is 0.297 bits per heavy atom. The number of unbranched alkanes of at least 4 members (excludes halogenated alkanes) is 44. The van der Waals surface area contributed by atoms with Gasteiger partial charge >= 0.3 is 39.5 Å². The molecule has 3 N–H and O–H groups in total. The highest BCUT2D eigenvalue weighted by Crippen LogP contribution is 2.45. The molecule has 19 heteroatoms. The third-order valence-corrected chi connectivity index (χ3v) is 18.7. The Morgan fingerprint density at radius 3 is 0.747 bits per heavy atom. The van der Waals surface area contributed by atoms with Gasteiger partial charge in [-0.3, -0.25) is 37.3 Å². The summed E-state index contributed by atoms with van der Waals surface area (Å²) in [4.78, 5) is 72.6.